The molecule has 2 atom stereocenters. The second-order valence-corrected chi connectivity index (χ2v) is 11.4. The molecule has 0 aromatic carbocycles. The molecule has 0 saturated carbocycles. The molecule has 0 aliphatic carbocycles. The van der Waals surface area contributed by atoms with Gasteiger partial charge in [-0.25, -0.2) is 0 Å². The van der Waals surface area contributed by atoms with E-state index in [0.717, 1.165) is 11.8 Å². The van der Waals surface area contributed by atoms with E-state index in [1.807, 2.05) is 0 Å². The molecule has 194 valence electrons. The molecule has 0 saturated heterocycles. The van der Waals surface area contributed by atoms with Crippen LogP contribution in [0.1, 0.15) is 195 Å². The summed E-state index contributed by atoms with van der Waals surface area (Å²) in [4.78, 5) is 0. The van der Waals surface area contributed by atoms with Crippen LogP contribution in [0.25, 0.3) is 0 Å². The van der Waals surface area contributed by atoms with Gasteiger partial charge in [0.1, 0.15) is 0 Å². The first-order chi connectivity index (χ1) is 15.7. The van der Waals surface area contributed by atoms with Gasteiger partial charge in [-0.05, 0) is 11.8 Å². The standard InChI is InChI=1S/C32H66/c1-5-7-9-11-13-15-19-23-27-31(3)29-25-21-17-18-22-26-30-32(4)28-24-20-16-14-12-10-8-6-2/h31-32H,5-30H2,1-4H3. The first-order valence-corrected chi connectivity index (χ1v) is 15.7. The normalized spacial score (nSPS) is 13.5. The molecule has 0 N–H and O–H groups in total. The summed E-state index contributed by atoms with van der Waals surface area (Å²) in [6.07, 6.45) is 38.1. The molecule has 0 bridgehead atoms. The van der Waals surface area contributed by atoms with E-state index >= 15 is 0 Å². The fraction of sp³-hybridized carbons (Fsp3) is 1.00. The van der Waals surface area contributed by atoms with E-state index in [4.69, 9.17) is 0 Å². The SMILES string of the molecule is CCCCCCCCCCC(C)CCCCCCCCC(C)CCCCCCCCCC. The van der Waals surface area contributed by atoms with Gasteiger partial charge < -0.3 is 0 Å². The molecular formula is C32H66. The van der Waals surface area contributed by atoms with Crippen molar-refractivity contribution in [2.45, 2.75) is 195 Å². The van der Waals surface area contributed by atoms with Crippen molar-refractivity contribution in [2.24, 2.45) is 11.8 Å². The van der Waals surface area contributed by atoms with Crippen LogP contribution in [-0.2, 0) is 0 Å². The van der Waals surface area contributed by atoms with Crippen molar-refractivity contribution in [3.8, 4) is 0 Å². The first kappa shape index (κ1) is 32.0. The molecule has 0 radical (unpaired) electrons. The van der Waals surface area contributed by atoms with Gasteiger partial charge in [-0.15, -0.1) is 0 Å². The zero-order valence-electron chi connectivity index (χ0n) is 23.5. The quantitative estimate of drug-likeness (QED) is 0.109. The lowest BCUT2D eigenvalue weighted by molar-refractivity contribution is 0.419. The largest absolute Gasteiger partial charge is 0.0654 e. The molecule has 0 heterocycles. The third-order valence-electron chi connectivity index (χ3n) is 7.74. The van der Waals surface area contributed by atoms with Gasteiger partial charge in [0.15, 0.2) is 0 Å². The highest BCUT2D eigenvalue weighted by atomic mass is 14.1. The number of hydrogen-bond donors (Lipinski definition) is 0. The Morgan fingerprint density at radius 3 is 0.688 bits per heavy atom. The summed E-state index contributed by atoms with van der Waals surface area (Å²) in [6.45, 7) is 9.60. The van der Waals surface area contributed by atoms with Crippen LogP contribution in [0.2, 0.25) is 0 Å². The van der Waals surface area contributed by atoms with Gasteiger partial charge >= 0.3 is 0 Å². The Bertz CT molecular complexity index is 288. The molecule has 0 fully saturated rings. The zero-order chi connectivity index (χ0) is 23.5. The van der Waals surface area contributed by atoms with Crippen molar-refractivity contribution in [2.75, 3.05) is 0 Å². The molecule has 0 amide bonds. The van der Waals surface area contributed by atoms with Crippen molar-refractivity contribution >= 4 is 0 Å². The van der Waals surface area contributed by atoms with Crippen LogP contribution in [-0.4, -0.2) is 0 Å². The summed E-state index contributed by atoms with van der Waals surface area (Å²) in [7, 11) is 0. The number of hydrogen-bond acceptors (Lipinski definition) is 0. The summed E-state index contributed by atoms with van der Waals surface area (Å²) >= 11 is 0. The molecule has 0 aromatic rings. The number of rotatable bonds is 27. The van der Waals surface area contributed by atoms with Crippen LogP contribution in [0, 0.1) is 11.8 Å². The smallest absolute Gasteiger partial charge is 0.0443 e. The fourth-order valence-corrected chi connectivity index (χ4v) is 5.23. The van der Waals surface area contributed by atoms with E-state index in [2.05, 4.69) is 27.7 Å². The van der Waals surface area contributed by atoms with E-state index in [1.165, 1.54) is 167 Å². The Morgan fingerprint density at radius 1 is 0.281 bits per heavy atom. The summed E-state index contributed by atoms with van der Waals surface area (Å²) < 4.78 is 0. The maximum atomic E-state index is 2.50. The maximum Gasteiger partial charge on any atom is -0.0443 e. The van der Waals surface area contributed by atoms with Gasteiger partial charge in [0, 0.05) is 0 Å². The lowest BCUT2D eigenvalue weighted by atomic mass is 9.94. The molecule has 0 rings (SSSR count). The van der Waals surface area contributed by atoms with Gasteiger partial charge in [0.25, 0.3) is 0 Å². The van der Waals surface area contributed by atoms with E-state index < -0.39 is 0 Å². The van der Waals surface area contributed by atoms with Crippen LogP contribution >= 0.6 is 0 Å². The molecule has 0 heteroatoms. The summed E-state index contributed by atoms with van der Waals surface area (Å²) in [6, 6.07) is 0. The zero-order valence-corrected chi connectivity index (χ0v) is 23.5. The molecule has 0 spiro atoms. The minimum Gasteiger partial charge on any atom is -0.0654 e. The average Bonchev–Trinajstić information content (AvgIpc) is 2.79. The molecule has 0 nitrogen and oxygen atoms in total. The van der Waals surface area contributed by atoms with Crippen molar-refractivity contribution in [1.29, 1.82) is 0 Å². The summed E-state index contributed by atoms with van der Waals surface area (Å²) in [5.41, 5.74) is 0. The van der Waals surface area contributed by atoms with Crippen LogP contribution in [0.5, 0.6) is 0 Å². The summed E-state index contributed by atoms with van der Waals surface area (Å²) in [5.74, 6) is 1.93. The predicted molar refractivity (Wildman–Crippen MR) is 150 cm³/mol. The van der Waals surface area contributed by atoms with Crippen molar-refractivity contribution in [1.82, 2.24) is 0 Å². The minimum absolute atomic E-state index is 0.965. The van der Waals surface area contributed by atoms with Crippen LogP contribution < -0.4 is 0 Å². The highest BCUT2D eigenvalue weighted by Gasteiger charge is 2.04. The maximum absolute atomic E-state index is 2.50. The van der Waals surface area contributed by atoms with Gasteiger partial charge in [0.2, 0.25) is 0 Å². The molecule has 0 aliphatic heterocycles. The monoisotopic (exact) mass is 451 g/mol. The third-order valence-corrected chi connectivity index (χ3v) is 7.74. The van der Waals surface area contributed by atoms with Crippen molar-refractivity contribution < 1.29 is 0 Å². The Hall–Kier alpha value is 0. The number of unbranched alkanes of at least 4 members (excludes halogenated alkanes) is 19. The van der Waals surface area contributed by atoms with Crippen LogP contribution in [0.15, 0.2) is 0 Å². The van der Waals surface area contributed by atoms with Crippen LogP contribution in [0.4, 0.5) is 0 Å². The summed E-state index contributed by atoms with van der Waals surface area (Å²) in [5, 5.41) is 0. The van der Waals surface area contributed by atoms with E-state index in [9.17, 15) is 0 Å². The Labute approximate surface area is 206 Å². The topological polar surface area (TPSA) is 0 Å². The van der Waals surface area contributed by atoms with E-state index in [1.54, 1.807) is 0 Å². The Balaban J connectivity index is 3.24. The minimum atomic E-state index is 0.965. The molecule has 0 aromatic heterocycles. The van der Waals surface area contributed by atoms with Gasteiger partial charge in [-0.3, -0.25) is 0 Å². The third kappa shape index (κ3) is 26.3. The van der Waals surface area contributed by atoms with E-state index in [-0.39, 0.29) is 0 Å². The second-order valence-electron chi connectivity index (χ2n) is 11.4. The van der Waals surface area contributed by atoms with Crippen molar-refractivity contribution in [3.63, 3.8) is 0 Å². The first-order valence-electron chi connectivity index (χ1n) is 15.7. The molecule has 32 heavy (non-hydrogen) atoms. The van der Waals surface area contributed by atoms with Gasteiger partial charge in [-0.1, -0.05) is 195 Å². The Kier molecular flexibility index (Phi) is 27.2. The average molecular weight is 451 g/mol. The Morgan fingerprint density at radius 2 is 0.469 bits per heavy atom. The second kappa shape index (κ2) is 27.2. The molecule has 2 unspecified atom stereocenters. The highest BCUT2D eigenvalue weighted by Crippen LogP contribution is 2.21. The lowest BCUT2D eigenvalue weighted by Gasteiger charge is -2.12. The molecule has 0 aliphatic rings. The van der Waals surface area contributed by atoms with Gasteiger partial charge in [0.05, 0.1) is 0 Å². The molecular weight excluding hydrogens is 384 g/mol. The fourth-order valence-electron chi connectivity index (χ4n) is 5.23. The predicted octanol–water partition coefficient (Wildman–Crippen LogP) is 12.4. The lowest BCUT2D eigenvalue weighted by Crippen LogP contribution is -1.96. The van der Waals surface area contributed by atoms with Crippen LogP contribution in [0.3, 0.4) is 0 Å². The van der Waals surface area contributed by atoms with E-state index in [0.29, 0.717) is 0 Å². The van der Waals surface area contributed by atoms with Gasteiger partial charge in [-0.2, -0.15) is 0 Å². The highest BCUT2D eigenvalue weighted by molar-refractivity contribution is 4.58. The van der Waals surface area contributed by atoms with Crippen molar-refractivity contribution in [3.05, 3.63) is 0 Å².